The molecule has 1 aromatic carbocycles. The summed E-state index contributed by atoms with van der Waals surface area (Å²) in [5.41, 5.74) is 8.41. The molecule has 26 heavy (non-hydrogen) atoms. The highest BCUT2D eigenvalue weighted by Crippen LogP contribution is 2.14. The van der Waals surface area contributed by atoms with Gasteiger partial charge in [0.15, 0.2) is 0 Å². The van der Waals surface area contributed by atoms with Gasteiger partial charge in [-0.05, 0) is 49.4 Å². The van der Waals surface area contributed by atoms with E-state index in [-0.39, 0.29) is 30.7 Å². The summed E-state index contributed by atoms with van der Waals surface area (Å²) in [5, 5.41) is 2.97. The topological polar surface area (TPSA) is 58.4 Å². The van der Waals surface area contributed by atoms with Crippen LogP contribution < -0.4 is 11.1 Å². The van der Waals surface area contributed by atoms with Crippen molar-refractivity contribution < 1.29 is 4.79 Å². The Labute approximate surface area is 171 Å². The quantitative estimate of drug-likeness (QED) is 0.725. The molecule has 0 radical (unpaired) electrons. The second-order valence-corrected chi connectivity index (χ2v) is 7.46. The van der Waals surface area contributed by atoms with Crippen LogP contribution in [0.3, 0.4) is 0 Å². The Hall–Kier alpha value is -0.810. The zero-order valence-corrected chi connectivity index (χ0v) is 17.7. The Bertz CT molecular complexity index is 518. The van der Waals surface area contributed by atoms with Gasteiger partial charge in [-0.15, -0.1) is 24.8 Å². The summed E-state index contributed by atoms with van der Waals surface area (Å²) in [7, 11) is 0. The van der Waals surface area contributed by atoms with E-state index in [4.69, 9.17) is 5.73 Å². The molecule has 6 heteroatoms. The molecule has 0 aliphatic carbocycles. The molecule has 1 atom stereocenters. The molecule has 1 fully saturated rings. The van der Waals surface area contributed by atoms with E-state index in [0.717, 1.165) is 18.5 Å². The number of likely N-dealkylation sites (tertiary alicyclic amines) is 1. The van der Waals surface area contributed by atoms with Gasteiger partial charge in [0.25, 0.3) is 0 Å². The average molecular weight is 404 g/mol. The first kappa shape index (κ1) is 25.2. The summed E-state index contributed by atoms with van der Waals surface area (Å²) in [5.74, 6) is 0.379. The van der Waals surface area contributed by atoms with Gasteiger partial charge in [-0.1, -0.05) is 51.0 Å². The van der Waals surface area contributed by atoms with Crippen molar-refractivity contribution in [3.63, 3.8) is 0 Å². The van der Waals surface area contributed by atoms with Crippen LogP contribution in [0.15, 0.2) is 24.3 Å². The summed E-state index contributed by atoms with van der Waals surface area (Å²) >= 11 is 0. The zero-order valence-electron chi connectivity index (χ0n) is 16.1. The minimum atomic E-state index is -0.412. The number of hydrogen-bond acceptors (Lipinski definition) is 3. The molecule has 0 saturated carbocycles. The Balaban J connectivity index is 0.00000312. The van der Waals surface area contributed by atoms with E-state index in [0.29, 0.717) is 12.5 Å². The third kappa shape index (κ3) is 9.22. The molecule has 1 saturated heterocycles. The smallest absolute Gasteiger partial charge is 0.237 e. The summed E-state index contributed by atoms with van der Waals surface area (Å²) in [6, 6.07) is 8.13. The first-order valence-electron chi connectivity index (χ1n) is 9.38. The number of benzene rings is 1. The predicted molar refractivity (Wildman–Crippen MR) is 114 cm³/mol. The number of nitrogens with two attached hydrogens (primary N) is 1. The van der Waals surface area contributed by atoms with Crippen LogP contribution in [0.4, 0.5) is 0 Å². The molecule has 4 nitrogen and oxygen atoms in total. The Kier molecular flexibility index (Phi) is 13.0. The van der Waals surface area contributed by atoms with Crippen molar-refractivity contribution in [2.45, 2.75) is 65.1 Å². The van der Waals surface area contributed by atoms with Crippen LogP contribution in [0.5, 0.6) is 0 Å². The van der Waals surface area contributed by atoms with Crippen LogP contribution in [0, 0.1) is 5.92 Å². The SMILES string of the molecule is CC(C)C[C@H](N)C(=O)NCc1cccc(CN2CCCCCC2)c1.Cl.Cl. The molecule has 1 heterocycles. The molecule has 3 N–H and O–H groups in total. The summed E-state index contributed by atoms with van der Waals surface area (Å²) < 4.78 is 0. The highest BCUT2D eigenvalue weighted by molar-refractivity contribution is 5.85. The lowest BCUT2D eigenvalue weighted by Crippen LogP contribution is -2.41. The molecule has 1 aliphatic rings. The van der Waals surface area contributed by atoms with Crippen LogP contribution in [0.2, 0.25) is 0 Å². The maximum absolute atomic E-state index is 12.0. The third-order valence-electron chi connectivity index (χ3n) is 4.63. The summed E-state index contributed by atoms with van der Waals surface area (Å²) in [6.07, 6.45) is 6.06. The molecule has 0 spiro atoms. The van der Waals surface area contributed by atoms with Gasteiger partial charge in [0.2, 0.25) is 5.91 Å². The van der Waals surface area contributed by atoms with Gasteiger partial charge >= 0.3 is 0 Å². The molecular formula is C20H35Cl2N3O. The van der Waals surface area contributed by atoms with E-state index in [1.165, 1.54) is 44.3 Å². The van der Waals surface area contributed by atoms with E-state index in [2.05, 4.69) is 48.3 Å². The van der Waals surface area contributed by atoms with Crippen molar-refractivity contribution in [2.24, 2.45) is 11.7 Å². The molecule has 1 amide bonds. The Morgan fingerprint density at radius 1 is 1.12 bits per heavy atom. The average Bonchev–Trinajstić information content (AvgIpc) is 2.81. The zero-order chi connectivity index (χ0) is 17.4. The fraction of sp³-hybridized carbons (Fsp3) is 0.650. The predicted octanol–water partition coefficient (Wildman–Crippen LogP) is 3.90. The van der Waals surface area contributed by atoms with Crippen molar-refractivity contribution >= 4 is 30.7 Å². The lowest BCUT2D eigenvalue weighted by molar-refractivity contribution is -0.122. The first-order chi connectivity index (χ1) is 11.5. The molecule has 1 aromatic rings. The van der Waals surface area contributed by atoms with Gasteiger partial charge < -0.3 is 11.1 Å². The molecule has 0 bridgehead atoms. The largest absolute Gasteiger partial charge is 0.351 e. The third-order valence-corrected chi connectivity index (χ3v) is 4.63. The van der Waals surface area contributed by atoms with Gasteiger partial charge in [0, 0.05) is 13.1 Å². The standard InChI is InChI=1S/C20H33N3O.2ClH/c1-16(2)12-19(21)20(24)22-14-17-8-7-9-18(13-17)15-23-10-5-3-4-6-11-23;;/h7-9,13,16,19H,3-6,10-12,14-15,21H2,1-2H3,(H,22,24);2*1H/t19-;;/m0../s1. The number of hydrogen-bond donors (Lipinski definition) is 2. The minimum absolute atomic E-state index is 0. The van der Waals surface area contributed by atoms with Gasteiger partial charge in [-0.3, -0.25) is 9.69 Å². The van der Waals surface area contributed by atoms with Gasteiger partial charge in [-0.25, -0.2) is 0 Å². The van der Waals surface area contributed by atoms with Crippen LogP contribution in [-0.2, 0) is 17.9 Å². The van der Waals surface area contributed by atoms with Crippen molar-refractivity contribution in [3.8, 4) is 0 Å². The fourth-order valence-corrected chi connectivity index (χ4v) is 3.33. The van der Waals surface area contributed by atoms with Gasteiger partial charge in [0.1, 0.15) is 0 Å². The highest BCUT2D eigenvalue weighted by Gasteiger charge is 2.14. The lowest BCUT2D eigenvalue weighted by Gasteiger charge is -2.20. The van der Waals surface area contributed by atoms with Crippen molar-refractivity contribution in [1.82, 2.24) is 10.2 Å². The number of amides is 1. The van der Waals surface area contributed by atoms with E-state index >= 15 is 0 Å². The van der Waals surface area contributed by atoms with Crippen LogP contribution in [-0.4, -0.2) is 29.9 Å². The number of carbonyl (C=O) groups is 1. The van der Waals surface area contributed by atoms with Crippen LogP contribution in [0.25, 0.3) is 0 Å². The number of nitrogens with one attached hydrogen (secondary N) is 1. The van der Waals surface area contributed by atoms with Crippen molar-refractivity contribution in [2.75, 3.05) is 13.1 Å². The maximum atomic E-state index is 12.0. The minimum Gasteiger partial charge on any atom is -0.351 e. The molecule has 1 aliphatic heterocycles. The molecule has 150 valence electrons. The first-order valence-corrected chi connectivity index (χ1v) is 9.38. The number of halogens is 2. The van der Waals surface area contributed by atoms with Crippen molar-refractivity contribution in [3.05, 3.63) is 35.4 Å². The Morgan fingerprint density at radius 2 is 1.73 bits per heavy atom. The molecule has 2 rings (SSSR count). The number of rotatable bonds is 7. The van der Waals surface area contributed by atoms with Gasteiger partial charge in [-0.2, -0.15) is 0 Å². The van der Waals surface area contributed by atoms with Crippen LogP contribution >= 0.6 is 24.8 Å². The Morgan fingerprint density at radius 3 is 2.35 bits per heavy atom. The molecule has 0 unspecified atom stereocenters. The van der Waals surface area contributed by atoms with Crippen LogP contribution in [0.1, 0.15) is 57.1 Å². The van der Waals surface area contributed by atoms with E-state index in [1.54, 1.807) is 0 Å². The molecular weight excluding hydrogens is 369 g/mol. The second kappa shape index (κ2) is 13.4. The fourth-order valence-electron chi connectivity index (χ4n) is 3.33. The monoisotopic (exact) mass is 403 g/mol. The normalized spacial score (nSPS) is 16.2. The van der Waals surface area contributed by atoms with Gasteiger partial charge in [0.05, 0.1) is 6.04 Å². The van der Waals surface area contributed by atoms with E-state index in [9.17, 15) is 4.79 Å². The lowest BCUT2D eigenvalue weighted by atomic mass is 10.0. The van der Waals surface area contributed by atoms with E-state index < -0.39 is 6.04 Å². The molecule has 0 aromatic heterocycles. The second-order valence-electron chi connectivity index (χ2n) is 7.46. The summed E-state index contributed by atoms with van der Waals surface area (Å²) in [4.78, 5) is 14.6. The maximum Gasteiger partial charge on any atom is 0.237 e. The number of nitrogens with zero attached hydrogens (tertiary/aromatic N) is 1. The summed E-state index contributed by atoms with van der Waals surface area (Å²) in [6.45, 7) is 8.13. The highest BCUT2D eigenvalue weighted by atomic mass is 35.5. The van der Waals surface area contributed by atoms with Crippen molar-refractivity contribution in [1.29, 1.82) is 0 Å². The number of carbonyl (C=O) groups excluding carboxylic acids is 1. The van der Waals surface area contributed by atoms with E-state index in [1.807, 2.05) is 0 Å².